The molecule has 0 bridgehead atoms. The van der Waals surface area contributed by atoms with Gasteiger partial charge in [0.05, 0.1) is 15.9 Å². The average Bonchev–Trinajstić information content (AvgIpc) is 3.03. The number of rotatable bonds is 1. The molecule has 0 saturated carbocycles. The van der Waals surface area contributed by atoms with Crippen LogP contribution in [0.15, 0.2) is 54.0 Å². The van der Waals surface area contributed by atoms with Gasteiger partial charge in [0.2, 0.25) is 0 Å². The molecule has 114 valence electrons. The van der Waals surface area contributed by atoms with E-state index in [9.17, 15) is 0 Å². The first kappa shape index (κ1) is 14.3. The highest BCUT2D eigenvalue weighted by molar-refractivity contribution is 7.18. The maximum atomic E-state index is 4.88. The highest BCUT2D eigenvalue weighted by Crippen LogP contribution is 2.35. The van der Waals surface area contributed by atoms with Crippen LogP contribution in [-0.4, -0.2) is 9.97 Å². The predicted molar refractivity (Wildman–Crippen MR) is 99.1 cm³/mol. The first-order chi connectivity index (χ1) is 11.0. The number of hydrogen-bond donors (Lipinski definition) is 0. The summed E-state index contributed by atoms with van der Waals surface area (Å²) in [4.78, 5) is 9.39. The number of fused-ring (bicyclic) bond motifs is 3. The van der Waals surface area contributed by atoms with Crippen molar-refractivity contribution >= 4 is 32.5 Å². The van der Waals surface area contributed by atoms with Gasteiger partial charge in [-0.15, -0.1) is 11.3 Å². The van der Waals surface area contributed by atoms with Gasteiger partial charge in [-0.2, -0.15) is 0 Å². The van der Waals surface area contributed by atoms with Crippen molar-refractivity contribution in [1.29, 1.82) is 0 Å². The van der Waals surface area contributed by atoms with Crippen molar-refractivity contribution in [3.05, 3.63) is 59.6 Å². The Morgan fingerprint density at radius 1 is 0.957 bits per heavy atom. The van der Waals surface area contributed by atoms with Crippen LogP contribution in [-0.2, 0) is 5.41 Å². The van der Waals surface area contributed by atoms with Crippen molar-refractivity contribution < 1.29 is 0 Å². The molecule has 0 atom stereocenters. The quantitative estimate of drug-likeness (QED) is 0.442. The monoisotopic (exact) mass is 318 g/mol. The number of hydrogen-bond acceptors (Lipinski definition) is 3. The van der Waals surface area contributed by atoms with E-state index in [0.717, 1.165) is 22.3 Å². The molecule has 3 heterocycles. The summed E-state index contributed by atoms with van der Waals surface area (Å²) in [7, 11) is 0. The Morgan fingerprint density at radius 2 is 1.74 bits per heavy atom. The lowest BCUT2D eigenvalue weighted by Crippen LogP contribution is -2.10. The van der Waals surface area contributed by atoms with Gasteiger partial charge in [-0.25, -0.2) is 4.98 Å². The molecule has 4 rings (SSSR count). The zero-order chi connectivity index (χ0) is 16.0. The molecule has 0 radical (unpaired) electrons. The van der Waals surface area contributed by atoms with E-state index in [-0.39, 0.29) is 5.41 Å². The minimum absolute atomic E-state index is 0.164. The summed E-state index contributed by atoms with van der Waals surface area (Å²) in [5.74, 6) is 0. The Balaban J connectivity index is 1.95. The van der Waals surface area contributed by atoms with Crippen LogP contribution >= 0.6 is 11.3 Å². The van der Waals surface area contributed by atoms with Crippen molar-refractivity contribution in [2.75, 3.05) is 0 Å². The minimum Gasteiger partial charge on any atom is -0.253 e. The first-order valence-corrected chi connectivity index (χ1v) is 8.65. The second-order valence-electron chi connectivity index (χ2n) is 6.82. The number of benzene rings is 1. The number of nitrogens with zero attached hydrogens (tertiary/aromatic N) is 2. The van der Waals surface area contributed by atoms with Gasteiger partial charge in [-0.3, -0.25) is 4.98 Å². The van der Waals surface area contributed by atoms with Crippen LogP contribution < -0.4 is 0 Å². The molecule has 0 N–H and O–H groups in total. The van der Waals surface area contributed by atoms with E-state index in [1.165, 1.54) is 15.6 Å². The number of aromatic nitrogens is 2. The molecule has 2 nitrogen and oxygen atoms in total. The second-order valence-corrected chi connectivity index (χ2v) is 7.74. The Morgan fingerprint density at radius 3 is 2.48 bits per heavy atom. The van der Waals surface area contributed by atoms with Gasteiger partial charge in [0, 0.05) is 17.1 Å². The molecule has 23 heavy (non-hydrogen) atoms. The summed E-state index contributed by atoms with van der Waals surface area (Å²) in [6.07, 6.45) is 1.83. The Labute approximate surface area is 139 Å². The lowest BCUT2D eigenvalue weighted by atomic mass is 9.86. The molecule has 0 aliphatic heterocycles. The van der Waals surface area contributed by atoms with Gasteiger partial charge in [-0.05, 0) is 34.6 Å². The molecular formula is C20H18N2S. The van der Waals surface area contributed by atoms with Crippen molar-refractivity contribution in [3.63, 3.8) is 0 Å². The highest BCUT2D eigenvalue weighted by atomic mass is 32.1. The molecule has 1 aromatic carbocycles. The van der Waals surface area contributed by atoms with Crippen LogP contribution in [0.3, 0.4) is 0 Å². The normalized spacial score (nSPS) is 12.1. The molecule has 4 aromatic rings. The molecule has 3 aromatic heterocycles. The SMILES string of the molecule is CC(C)(C)c1ccc(-c2nc3cccnc3c3sccc23)cc1. The van der Waals surface area contributed by atoms with E-state index in [1.807, 2.05) is 18.3 Å². The molecule has 0 aliphatic rings. The summed E-state index contributed by atoms with van der Waals surface area (Å²) < 4.78 is 1.21. The van der Waals surface area contributed by atoms with E-state index in [2.05, 4.69) is 61.5 Å². The fourth-order valence-corrected chi connectivity index (χ4v) is 3.77. The largest absolute Gasteiger partial charge is 0.253 e. The van der Waals surface area contributed by atoms with E-state index in [0.29, 0.717) is 0 Å². The van der Waals surface area contributed by atoms with E-state index < -0.39 is 0 Å². The van der Waals surface area contributed by atoms with E-state index >= 15 is 0 Å². The molecule has 0 spiro atoms. The summed E-state index contributed by atoms with van der Waals surface area (Å²) in [6.45, 7) is 6.71. The van der Waals surface area contributed by atoms with Crippen molar-refractivity contribution in [2.45, 2.75) is 26.2 Å². The fraction of sp³-hybridized carbons (Fsp3) is 0.200. The smallest absolute Gasteiger partial charge is 0.106 e. The van der Waals surface area contributed by atoms with Crippen molar-refractivity contribution in [1.82, 2.24) is 9.97 Å². The molecular weight excluding hydrogens is 300 g/mol. The zero-order valence-electron chi connectivity index (χ0n) is 13.5. The van der Waals surface area contributed by atoms with Crippen LogP contribution in [0.4, 0.5) is 0 Å². The molecule has 0 unspecified atom stereocenters. The average molecular weight is 318 g/mol. The second kappa shape index (κ2) is 5.14. The Hall–Kier alpha value is -2.26. The lowest BCUT2D eigenvalue weighted by molar-refractivity contribution is 0.590. The Kier molecular flexibility index (Phi) is 3.20. The topological polar surface area (TPSA) is 25.8 Å². The number of pyridine rings is 2. The van der Waals surface area contributed by atoms with Crippen molar-refractivity contribution in [3.8, 4) is 11.3 Å². The summed E-state index contributed by atoms with van der Waals surface area (Å²) >= 11 is 1.73. The van der Waals surface area contributed by atoms with Gasteiger partial charge in [0.1, 0.15) is 5.52 Å². The third-order valence-corrected chi connectivity index (χ3v) is 5.10. The maximum absolute atomic E-state index is 4.88. The highest BCUT2D eigenvalue weighted by Gasteiger charge is 2.15. The van der Waals surface area contributed by atoms with Crippen molar-refractivity contribution in [2.24, 2.45) is 0 Å². The number of thiophene rings is 1. The summed E-state index contributed by atoms with van der Waals surface area (Å²) in [5.41, 5.74) is 5.65. The van der Waals surface area contributed by atoms with Crippen LogP contribution in [0, 0.1) is 0 Å². The molecule has 0 fully saturated rings. The van der Waals surface area contributed by atoms with Gasteiger partial charge in [-0.1, -0.05) is 45.0 Å². The maximum Gasteiger partial charge on any atom is 0.106 e. The van der Waals surface area contributed by atoms with Crippen LogP contribution in [0.1, 0.15) is 26.3 Å². The van der Waals surface area contributed by atoms with Gasteiger partial charge in [0.15, 0.2) is 0 Å². The standard InChI is InChI=1S/C20H18N2S/c1-20(2,3)14-8-6-13(7-9-14)17-15-10-12-23-19(15)18-16(22-17)5-4-11-21-18/h4-12H,1-3H3. The van der Waals surface area contributed by atoms with E-state index in [1.54, 1.807) is 11.3 Å². The van der Waals surface area contributed by atoms with Crippen LogP contribution in [0.2, 0.25) is 0 Å². The van der Waals surface area contributed by atoms with E-state index in [4.69, 9.17) is 4.98 Å². The summed E-state index contributed by atoms with van der Waals surface area (Å²) in [5, 5.41) is 3.30. The zero-order valence-corrected chi connectivity index (χ0v) is 14.3. The predicted octanol–water partition coefficient (Wildman–Crippen LogP) is 5.81. The first-order valence-electron chi connectivity index (χ1n) is 7.77. The molecule has 0 aliphatic carbocycles. The minimum atomic E-state index is 0.164. The third kappa shape index (κ3) is 2.41. The summed E-state index contributed by atoms with van der Waals surface area (Å²) in [6, 6.07) is 14.9. The third-order valence-electron chi connectivity index (χ3n) is 4.18. The van der Waals surface area contributed by atoms with Gasteiger partial charge < -0.3 is 0 Å². The molecule has 0 amide bonds. The fourth-order valence-electron chi connectivity index (χ4n) is 2.87. The molecule has 3 heteroatoms. The molecule has 0 saturated heterocycles. The van der Waals surface area contributed by atoms with Gasteiger partial charge in [0.25, 0.3) is 0 Å². The lowest BCUT2D eigenvalue weighted by Gasteiger charge is -2.19. The van der Waals surface area contributed by atoms with Gasteiger partial charge >= 0.3 is 0 Å². The Bertz CT molecular complexity index is 992. The van der Waals surface area contributed by atoms with Crippen LogP contribution in [0.25, 0.3) is 32.4 Å². The van der Waals surface area contributed by atoms with Crippen LogP contribution in [0.5, 0.6) is 0 Å².